The molecule has 0 bridgehead atoms. The summed E-state index contributed by atoms with van der Waals surface area (Å²) >= 11 is 0. The summed E-state index contributed by atoms with van der Waals surface area (Å²) in [6, 6.07) is 23.6. The van der Waals surface area contributed by atoms with Crippen molar-refractivity contribution in [3.8, 4) is 34.7 Å². The van der Waals surface area contributed by atoms with Crippen LogP contribution in [0.25, 0.3) is 22.9 Å². The zero-order valence-electron chi connectivity index (χ0n) is 20.1. The van der Waals surface area contributed by atoms with Gasteiger partial charge in [0.25, 0.3) is 0 Å². The number of aromatic nitrogens is 7. The first-order valence-electron chi connectivity index (χ1n) is 11.8. The van der Waals surface area contributed by atoms with E-state index in [9.17, 15) is 0 Å². The van der Waals surface area contributed by atoms with Gasteiger partial charge in [-0.1, -0.05) is 36.4 Å². The van der Waals surface area contributed by atoms with Gasteiger partial charge in [-0.2, -0.15) is 5.10 Å². The summed E-state index contributed by atoms with van der Waals surface area (Å²) in [6.45, 7) is 2.00. The molecule has 2 aromatic carbocycles. The fraction of sp³-hybridized carbons (Fsp3) is 0.107. The quantitative estimate of drug-likeness (QED) is 0.346. The molecule has 0 N–H and O–H groups in total. The van der Waals surface area contributed by atoms with E-state index < -0.39 is 0 Å². The van der Waals surface area contributed by atoms with Crippen molar-refractivity contribution in [1.82, 2.24) is 34.3 Å². The third-order valence-corrected chi connectivity index (χ3v) is 6.56. The van der Waals surface area contributed by atoms with Crippen molar-refractivity contribution in [3.63, 3.8) is 0 Å². The summed E-state index contributed by atoms with van der Waals surface area (Å²) in [6.07, 6.45) is 3.35. The molecule has 1 aliphatic heterocycles. The Labute approximate surface area is 212 Å². The molecule has 4 aromatic heterocycles. The minimum absolute atomic E-state index is 0.237. The molecule has 7 rings (SSSR count). The van der Waals surface area contributed by atoms with E-state index in [0.717, 1.165) is 33.8 Å². The van der Waals surface area contributed by atoms with Gasteiger partial charge in [-0.15, -0.1) is 5.10 Å². The van der Waals surface area contributed by atoms with E-state index in [0.29, 0.717) is 28.9 Å². The van der Waals surface area contributed by atoms with Crippen LogP contribution in [0.1, 0.15) is 28.3 Å². The largest absolute Gasteiger partial charge is 0.497 e. The lowest BCUT2D eigenvalue weighted by Gasteiger charge is -2.26. The summed E-state index contributed by atoms with van der Waals surface area (Å²) in [5.74, 6) is 2.17. The lowest BCUT2D eigenvalue weighted by atomic mass is 9.84. The van der Waals surface area contributed by atoms with Gasteiger partial charge in [-0.05, 0) is 48.9 Å². The predicted molar refractivity (Wildman–Crippen MR) is 136 cm³/mol. The lowest BCUT2D eigenvalue weighted by Crippen LogP contribution is -2.16. The number of hydrogen-bond donors (Lipinski definition) is 0. The lowest BCUT2D eigenvalue weighted by molar-refractivity contribution is 0.402. The minimum atomic E-state index is -0.237. The predicted octanol–water partition coefficient (Wildman–Crippen LogP) is 4.97. The van der Waals surface area contributed by atoms with Crippen molar-refractivity contribution >= 4 is 5.65 Å². The van der Waals surface area contributed by atoms with Gasteiger partial charge in [0.15, 0.2) is 5.65 Å². The first-order valence-corrected chi connectivity index (χ1v) is 11.8. The Morgan fingerprint density at radius 1 is 0.865 bits per heavy atom. The van der Waals surface area contributed by atoms with Crippen LogP contribution in [0.2, 0.25) is 0 Å². The molecule has 0 spiro atoms. The van der Waals surface area contributed by atoms with Crippen LogP contribution in [0.4, 0.5) is 0 Å². The number of aryl methyl sites for hydroxylation is 1. The molecule has 0 aliphatic carbocycles. The van der Waals surface area contributed by atoms with Crippen LogP contribution in [-0.4, -0.2) is 41.5 Å². The van der Waals surface area contributed by atoms with Crippen molar-refractivity contribution in [2.24, 2.45) is 0 Å². The summed E-state index contributed by atoms with van der Waals surface area (Å²) in [5, 5.41) is 9.54. The zero-order chi connectivity index (χ0) is 24.9. The molecule has 180 valence electrons. The third kappa shape index (κ3) is 3.35. The third-order valence-electron chi connectivity index (χ3n) is 6.56. The van der Waals surface area contributed by atoms with Crippen LogP contribution in [0, 0.1) is 6.92 Å². The molecular weight excluding hydrogens is 466 g/mol. The van der Waals surface area contributed by atoms with Crippen LogP contribution in [0.5, 0.6) is 17.5 Å². The van der Waals surface area contributed by atoms with Gasteiger partial charge in [0.1, 0.15) is 17.8 Å². The Bertz CT molecular complexity index is 1740. The number of pyridine rings is 1. The van der Waals surface area contributed by atoms with Crippen LogP contribution >= 0.6 is 0 Å². The number of nitrogens with zero attached hydrogens (tertiary/aromatic N) is 7. The zero-order valence-corrected chi connectivity index (χ0v) is 20.1. The second kappa shape index (κ2) is 8.27. The highest BCUT2D eigenvalue weighted by Gasteiger charge is 2.38. The first kappa shape index (κ1) is 21.3. The van der Waals surface area contributed by atoms with Gasteiger partial charge in [-0.25, -0.2) is 19.2 Å². The molecule has 5 heterocycles. The maximum atomic E-state index is 6.47. The molecule has 9 nitrogen and oxygen atoms in total. The molecule has 9 heteroatoms. The summed E-state index contributed by atoms with van der Waals surface area (Å²) in [4.78, 5) is 14.0. The van der Waals surface area contributed by atoms with Gasteiger partial charge in [-0.3, -0.25) is 4.98 Å². The van der Waals surface area contributed by atoms with Gasteiger partial charge in [0.05, 0.1) is 35.5 Å². The van der Waals surface area contributed by atoms with E-state index >= 15 is 0 Å². The second-order valence-electron chi connectivity index (χ2n) is 8.74. The smallest absolute Gasteiger partial charge is 0.230 e. The summed E-state index contributed by atoms with van der Waals surface area (Å²) in [5.41, 5.74) is 5.93. The standard InChI is InChI=1S/C28H21N7O2/c1-17-22-23(18-11-13-20(36-2)14-12-18)24-26-31-25(21-10-6-7-15-29-21)33-34(26)16-30-27(24)37-28(22)35(32-17)19-8-4-3-5-9-19/h3-16,23H,1-2H3. The molecule has 1 aliphatic rings. The molecule has 37 heavy (non-hydrogen) atoms. The van der Waals surface area contributed by atoms with E-state index in [-0.39, 0.29) is 5.92 Å². The number of rotatable bonds is 4. The number of benzene rings is 2. The van der Waals surface area contributed by atoms with Crippen LogP contribution in [0.15, 0.2) is 85.3 Å². The number of hydrogen-bond acceptors (Lipinski definition) is 7. The highest BCUT2D eigenvalue weighted by Crippen LogP contribution is 2.49. The maximum Gasteiger partial charge on any atom is 0.230 e. The topological polar surface area (TPSA) is 92.2 Å². The molecule has 1 atom stereocenters. The highest BCUT2D eigenvalue weighted by atomic mass is 16.5. The van der Waals surface area contributed by atoms with Crippen LogP contribution < -0.4 is 9.47 Å². The molecular formula is C28H21N7O2. The molecule has 1 unspecified atom stereocenters. The molecule has 0 amide bonds. The number of fused-ring (bicyclic) bond motifs is 4. The van der Waals surface area contributed by atoms with Crippen LogP contribution in [0.3, 0.4) is 0 Å². The summed E-state index contributed by atoms with van der Waals surface area (Å²) in [7, 11) is 1.66. The normalized spacial score (nSPS) is 14.2. The van der Waals surface area contributed by atoms with Crippen LogP contribution in [-0.2, 0) is 0 Å². The van der Waals surface area contributed by atoms with Crippen molar-refractivity contribution < 1.29 is 9.47 Å². The highest BCUT2D eigenvalue weighted by molar-refractivity contribution is 5.68. The van der Waals surface area contributed by atoms with Crippen molar-refractivity contribution in [1.29, 1.82) is 0 Å². The molecule has 0 saturated carbocycles. The SMILES string of the molecule is COc1ccc(C2c3c(C)nn(-c4ccccc4)c3Oc3ncn4nc(-c5ccccn5)nc4c32)cc1. The fourth-order valence-corrected chi connectivity index (χ4v) is 4.86. The number of methoxy groups -OCH3 is 1. The Morgan fingerprint density at radius 2 is 1.68 bits per heavy atom. The van der Waals surface area contributed by atoms with E-state index in [1.165, 1.54) is 0 Å². The molecule has 6 aromatic rings. The van der Waals surface area contributed by atoms with Gasteiger partial charge >= 0.3 is 0 Å². The average Bonchev–Trinajstić information content (AvgIpc) is 3.54. The Kier molecular flexibility index (Phi) is 4.75. The van der Waals surface area contributed by atoms with E-state index in [4.69, 9.17) is 19.6 Å². The van der Waals surface area contributed by atoms with Crippen molar-refractivity contribution in [3.05, 3.63) is 108 Å². The maximum absolute atomic E-state index is 6.47. The van der Waals surface area contributed by atoms with Crippen molar-refractivity contribution in [2.45, 2.75) is 12.8 Å². The number of ether oxygens (including phenoxy) is 2. The van der Waals surface area contributed by atoms with Gasteiger partial charge in [0.2, 0.25) is 17.6 Å². The Hall–Kier alpha value is -5.05. The first-order chi connectivity index (χ1) is 18.2. The van der Waals surface area contributed by atoms with E-state index in [1.54, 1.807) is 24.1 Å². The molecule has 0 fully saturated rings. The molecule has 0 saturated heterocycles. The summed E-state index contributed by atoms with van der Waals surface area (Å²) < 4.78 is 15.4. The Morgan fingerprint density at radius 3 is 2.43 bits per heavy atom. The van der Waals surface area contributed by atoms with Gasteiger partial charge in [0, 0.05) is 6.20 Å². The monoisotopic (exact) mass is 487 g/mol. The fourth-order valence-electron chi connectivity index (χ4n) is 4.86. The Balaban J connectivity index is 1.49. The van der Waals surface area contributed by atoms with Crippen molar-refractivity contribution in [2.75, 3.05) is 7.11 Å². The van der Waals surface area contributed by atoms with E-state index in [1.807, 2.05) is 72.3 Å². The van der Waals surface area contributed by atoms with E-state index in [2.05, 4.69) is 27.2 Å². The second-order valence-corrected chi connectivity index (χ2v) is 8.74. The minimum Gasteiger partial charge on any atom is -0.497 e. The number of para-hydroxylation sites is 1. The average molecular weight is 488 g/mol. The van der Waals surface area contributed by atoms with Gasteiger partial charge < -0.3 is 9.47 Å². The molecule has 0 radical (unpaired) electrons.